The van der Waals surface area contributed by atoms with Crippen molar-refractivity contribution in [3.05, 3.63) is 0 Å². The minimum absolute atomic E-state index is 0.0259. The van der Waals surface area contributed by atoms with Gasteiger partial charge < -0.3 is 10.2 Å². The van der Waals surface area contributed by atoms with E-state index < -0.39 is 0 Å². The maximum Gasteiger partial charge on any atom is 0.240 e. The smallest absolute Gasteiger partial charge is 0.240 e. The van der Waals surface area contributed by atoms with Crippen LogP contribution in [0, 0.1) is 18.3 Å². The zero-order valence-corrected chi connectivity index (χ0v) is 11.2. The summed E-state index contributed by atoms with van der Waals surface area (Å²) in [6.45, 7) is 7.26. The number of amides is 1. The Morgan fingerprint density at radius 2 is 2.11 bits per heavy atom. The van der Waals surface area contributed by atoms with Crippen molar-refractivity contribution >= 4 is 5.91 Å². The molecule has 4 nitrogen and oxygen atoms in total. The number of piperidine rings is 1. The van der Waals surface area contributed by atoms with E-state index in [2.05, 4.69) is 23.1 Å². The van der Waals surface area contributed by atoms with Crippen molar-refractivity contribution in [3.63, 3.8) is 0 Å². The molecule has 2 aliphatic rings. The van der Waals surface area contributed by atoms with Gasteiger partial charge in [0.2, 0.25) is 5.91 Å². The summed E-state index contributed by atoms with van der Waals surface area (Å²) in [6.07, 6.45) is 7.64. The Morgan fingerprint density at radius 1 is 1.39 bits per heavy atom. The van der Waals surface area contributed by atoms with Gasteiger partial charge in [0, 0.05) is 26.2 Å². The molecule has 4 heteroatoms. The number of carbonyl (C=O) groups is 1. The number of nitrogens with zero attached hydrogens (tertiary/aromatic N) is 2. The Bertz CT molecular complexity index is 328. The molecule has 0 aliphatic carbocycles. The van der Waals surface area contributed by atoms with E-state index in [4.69, 9.17) is 6.42 Å². The molecular weight excluding hydrogens is 226 g/mol. The van der Waals surface area contributed by atoms with Crippen LogP contribution in [0.2, 0.25) is 0 Å². The number of nitrogens with one attached hydrogen (secondary N) is 1. The lowest BCUT2D eigenvalue weighted by molar-refractivity contribution is -0.137. The molecule has 100 valence electrons. The van der Waals surface area contributed by atoms with Crippen molar-refractivity contribution in [2.75, 3.05) is 39.3 Å². The van der Waals surface area contributed by atoms with Gasteiger partial charge in [0.25, 0.3) is 0 Å². The number of piperazine rings is 1. The average molecular weight is 249 g/mol. The van der Waals surface area contributed by atoms with Gasteiger partial charge >= 0.3 is 0 Å². The van der Waals surface area contributed by atoms with Gasteiger partial charge in [0.15, 0.2) is 0 Å². The van der Waals surface area contributed by atoms with E-state index in [1.807, 2.05) is 4.90 Å². The predicted molar refractivity (Wildman–Crippen MR) is 72.0 cm³/mol. The van der Waals surface area contributed by atoms with E-state index in [9.17, 15) is 4.79 Å². The second kappa shape index (κ2) is 6.21. The van der Waals surface area contributed by atoms with Crippen LogP contribution in [-0.4, -0.2) is 61.0 Å². The molecule has 0 aromatic carbocycles. The maximum atomic E-state index is 12.4. The lowest BCUT2D eigenvalue weighted by Crippen LogP contribution is -2.57. The highest BCUT2D eigenvalue weighted by Crippen LogP contribution is 2.18. The summed E-state index contributed by atoms with van der Waals surface area (Å²) >= 11 is 0. The first-order chi connectivity index (χ1) is 8.72. The van der Waals surface area contributed by atoms with E-state index >= 15 is 0 Å². The van der Waals surface area contributed by atoms with E-state index in [1.165, 1.54) is 6.42 Å². The van der Waals surface area contributed by atoms with Gasteiger partial charge in [-0.2, -0.15) is 0 Å². The van der Waals surface area contributed by atoms with Crippen LogP contribution in [-0.2, 0) is 4.79 Å². The normalized spacial score (nSPS) is 29.9. The average Bonchev–Trinajstić information content (AvgIpc) is 2.40. The van der Waals surface area contributed by atoms with Crippen LogP contribution in [0.15, 0.2) is 0 Å². The molecule has 2 aliphatic heterocycles. The highest BCUT2D eigenvalue weighted by Gasteiger charge is 2.32. The number of carbonyl (C=O) groups excluding carboxylic acids is 1. The molecule has 2 unspecified atom stereocenters. The van der Waals surface area contributed by atoms with Gasteiger partial charge in [-0.15, -0.1) is 6.42 Å². The molecule has 0 bridgehead atoms. The van der Waals surface area contributed by atoms with Crippen LogP contribution in [0.5, 0.6) is 0 Å². The third kappa shape index (κ3) is 3.04. The Balaban J connectivity index is 1.85. The van der Waals surface area contributed by atoms with Gasteiger partial charge in [0.1, 0.15) is 0 Å². The van der Waals surface area contributed by atoms with Gasteiger partial charge in [-0.25, -0.2) is 0 Å². The monoisotopic (exact) mass is 249 g/mol. The fourth-order valence-electron chi connectivity index (χ4n) is 2.83. The predicted octanol–water partition coefficient (Wildman–Crippen LogP) is 0.152. The van der Waals surface area contributed by atoms with E-state index in [0.29, 0.717) is 12.5 Å². The molecule has 0 aromatic heterocycles. The van der Waals surface area contributed by atoms with Crippen LogP contribution in [0.3, 0.4) is 0 Å². The van der Waals surface area contributed by atoms with Crippen LogP contribution in [0.4, 0.5) is 0 Å². The van der Waals surface area contributed by atoms with E-state index in [0.717, 1.165) is 39.1 Å². The molecule has 1 N–H and O–H groups in total. The van der Waals surface area contributed by atoms with Gasteiger partial charge in [-0.05, 0) is 25.3 Å². The maximum absolute atomic E-state index is 12.4. The van der Waals surface area contributed by atoms with E-state index in [-0.39, 0.29) is 11.9 Å². The molecule has 2 rings (SSSR count). The minimum Gasteiger partial charge on any atom is -0.339 e. The quantitative estimate of drug-likeness (QED) is 0.708. The topological polar surface area (TPSA) is 35.6 Å². The molecule has 1 amide bonds. The van der Waals surface area contributed by atoms with Crippen molar-refractivity contribution in [3.8, 4) is 12.3 Å². The van der Waals surface area contributed by atoms with Crippen LogP contribution < -0.4 is 5.32 Å². The number of hydrogen-bond acceptors (Lipinski definition) is 3. The molecule has 0 spiro atoms. The largest absolute Gasteiger partial charge is 0.339 e. The van der Waals surface area contributed by atoms with Crippen molar-refractivity contribution in [2.24, 2.45) is 5.92 Å². The fraction of sp³-hybridized carbons (Fsp3) is 0.786. The summed E-state index contributed by atoms with van der Waals surface area (Å²) in [7, 11) is 0. The molecule has 18 heavy (non-hydrogen) atoms. The highest BCUT2D eigenvalue weighted by molar-refractivity contribution is 5.82. The lowest BCUT2D eigenvalue weighted by Gasteiger charge is -2.38. The molecule has 2 fully saturated rings. The molecular formula is C14H23N3O. The summed E-state index contributed by atoms with van der Waals surface area (Å²) < 4.78 is 0. The molecule has 0 aromatic rings. The summed E-state index contributed by atoms with van der Waals surface area (Å²) in [6, 6.07) is 0.0259. The first kappa shape index (κ1) is 13.4. The lowest BCUT2D eigenvalue weighted by atomic mass is 9.91. The molecule has 2 saturated heterocycles. The van der Waals surface area contributed by atoms with Crippen LogP contribution >= 0.6 is 0 Å². The molecule has 0 radical (unpaired) electrons. The standard InChI is InChI=1S/C14H23N3O/c1-3-7-16-8-10-17(11-9-16)14(18)13-12(2)5-4-6-15-13/h1,12-13,15H,4-11H2,2H3. The van der Waals surface area contributed by atoms with Crippen molar-refractivity contribution in [1.82, 2.24) is 15.1 Å². The van der Waals surface area contributed by atoms with Gasteiger partial charge in [0.05, 0.1) is 12.6 Å². The summed E-state index contributed by atoms with van der Waals surface area (Å²) in [5.41, 5.74) is 0. The van der Waals surface area contributed by atoms with Gasteiger partial charge in [-0.3, -0.25) is 9.69 Å². The van der Waals surface area contributed by atoms with Crippen molar-refractivity contribution < 1.29 is 4.79 Å². The molecule has 2 atom stereocenters. The Hall–Kier alpha value is -1.05. The minimum atomic E-state index is 0.0259. The fourth-order valence-corrected chi connectivity index (χ4v) is 2.83. The van der Waals surface area contributed by atoms with Gasteiger partial charge in [-0.1, -0.05) is 12.8 Å². The zero-order valence-electron chi connectivity index (χ0n) is 11.2. The van der Waals surface area contributed by atoms with Crippen molar-refractivity contribution in [1.29, 1.82) is 0 Å². The molecule has 0 saturated carbocycles. The SMILES string of the molecule is C#CCN1CCN(C(=O)C2NCCCC2C)CC1. The van der Waals surface area contributed by atoms with E-state index in [1.54, 1.807) is 0 Å². The third-order valence-electron chi connectivity index (χ3n) is 4.03. The Kier molecular flexibility index (Phi) is 4.62. The Morgan fingerprint density at radius 3 is 2.72 bits per heavy atom. The zero-order chi connectivity index (χ0) is 13.0. The second-order valence-corrected chi connectivity index (χ2v) is 5.36. The third-order valence-corrected chi connectivity index (χ3v) is 4.03. The summed E-state index contributed by atoms with van der Waals surface area (Å²) in [5.74, 6) is 3.40. The number of rotatable bonds is 2. The van der Waals surface area contributed by atoms with Crippen LogP contribution in [0.25, 0.3) is 0 Å². The number of hydrogen-bond donors (Lipinski definition) is 1. The van der Waals surface area contributed by atoms with Crippen LogP contribution in [0.1, 0.15) is 19.8 Å². The summed E-state index contributed by atoms with van der Waals surface area (Å²) in [4.78, 5) is 16.6. The second-order valence-electron chi connectivity index (χ2n) is 5.36. The number of terminal acetylenes is 1. The highest BCUT2D eigenvalue weighted by atomic mass is 16.2. The first-order valence-electron chi connectivity index (χ1n) is 6.90. The first-order valence-corrected chi connectivity index (χ1v) is 6.90. The van der Waals surface area contributed by atoms with Crippen molar-refractivity contribution in [2.45, 2.75) is 25.8 Å². The summed E-state index contributed by atoms with van der Waals surface area (Å²) in [5, 5.41) is 3.37. The molecule has 2 heterocycles. The Labute approximate surface area is 110 Å².